The number of rotatable bonds is 7. The van der Waals surface area contributed by atoms with Crippen LogP contribution >= 0.6 is 0 Å². The Morgan fingerprint density at radius 2 is 1.94 bits per heavy atom. The summed E-state index contributed by atoms with van der Waals surface area (Å²) in [7, 11) is 0. The Morgan fingerprint density at radius 3 is 2.66 bits per heavy atom. The van der Waals surface area contributed by atoms with E-state index in [1.54, 1.807) is 4.90 Å². The molecule has 0 saturated heterocycles. The van der Waals surface area contributed by atoms with Gasteiger partial charge in [0.05, 0.1) is 23.7 Å². The van der Waals surface area contributed by atoms with Crippen LogP contribution in [0.2, 0.25) is 0 Å². The van der Waals surface area contributed by atoms with Gasteiger partial charge >= 0.3 is 0 Å². The van der Waals surface area contributed by atoms with E-state index in [0.717, 1.165) is 36.7 Å². The summed E-state index contributed by atoms with van der Waals surface area (Å²) in [6.45, 7) is 7.31. The molecule has 1 aromatic heterocycles. The Hall–Kier alpha value is -2.41. The lowest BCUT2D eigenvalue weighted by molar-refractivity contribution is -0.133. The van der Waals surface area contributed by atoms with E-state index in [4.69, 9.17) is 4.74 Å². The zero-order chi connectivity index (χ0) is 22.7. The van der Waals surface area contributed by atoms with E-state index in [1.807, 2.05) is 49.6 Å². The molecule has 2 heterocycles. The second-order valence-corrected chi connectivity index (χ2v) is 9.68. The lowest BCUT2D eigenvalue weighted by Gasteiger charge is -2.44. The topological polar surface area (TPSA) is 76.5 Å². The van der Waals surface area contributed by atoms with E-state index in [-0.39, 0.29) is 24.0 Å². The van der Waals surface area contributed by atoms with Crippen molar-refractivity contribution >= 4 is 22.8 Å². The van der Waals surface area contributed by atoms with Crippen molar-refractivity contribution in [3.63, 3.8) is 0 Å². The van der Waals surface area contributed by atoms with Gasteiger partial charge in [0.15, 0.2) is 5.82 Å². The Balaban J connectivity index is 1.62. The third-order valence-corrected chi connectivity index (χ3v) is 6.81. The fourth-order valence-corrected chi connectivity index (χ4v) is 4.99. The van der Waals surface area contributed by atoms with E-state index < -0.39 is 5.54 Å². The molecule has 0 radical (unpaired) electrons. The van der Waals surface area contributed by atoms with Gasteiger partial charge in [-0.3, -0.25) is 9.59 Å². The van der Waals surface area contributed by atoms with Crippen LogP contribution < -0.4 is 5.32 Å². The van der Waals surface area contributed by atoms with Gasteiger partial charge in [-0.1, -0.05) is 37.8 Å². The summed E-state index contributed by atoms with van der Waals surface area (Å²) in [5.74, 6) is 0.164. The highest BCUT2D eigenvalue weighted by molar-refractivity contribution is 6.01. The van der Waals surface area contributed by atoms with Gasteiger partial charge < -0.3 is 19.5 Å². The molecule has 1 aliphatic carbocycles. The van der Waals surface area contributed by atoms with E-state index in [0.29, 0.717) is 31.9 Å². The minimum absolute atomic E-state index is 0.0639. The molecule has 32 heavy (non-hydrogen) atoms. The van der Waals surface area contributed by atoms with Crippen LogP contribution in [0, 0.1) is 0 Å². The number of nitrogens with zero attached hydrogens (tertiary/aromatic N) is 3. The highest BCUT2D eigenvalue weighted by Crippen LogP contribution is 2.31. The van der Waals surface area contributed by atoms with Crippen molar-refractivity contribution in [2.75, 3.05) is 13.2 Å². The molecule has 1 N–H and O–H groups in total. The molecule has 1 aliphatic heterocycles. The minimum Gasteiger partial charge on any atom is -0.379 e. The van der Waals surface area contributed by atoms with Gasteiger partial charge in [0, 0.05) is 19.2 Å². The van der Waals surface area contributed by atoms with Crippen molar-refractivity contribution in [1.29, 1.82) is 0 Å². The number of carbonyl (C=O) groups is 2. The highest BCUT2D eigenvalue weighted by atomic mass is 16.5. The fraction of sp³-hybridized carbons (Fsp3) is 0.640. The zero-order valence-corrected chi connectivity index (χ0v) is 19.6. The van der Waals surface area contributed by atoms with Gasteiger partial charge in [-0.15, -0.1) is 0 Å². The SMILES string of the molecule is CC(C)OCCCN1C(=O)c2nc3ccccc3n2CC1(C)C(=O)NC1CCCCCC1. The van der Waals surface area contributed by atoms with Gasteiger partial charge in [0.25, 0.3) is 5.91 Å². The van der Waals surface area contributed by atoms with E-state index in [2.05, 4.69) is 10.3 Å². The molecule has 2 aromatic rings. The number of hydrogen-bond donors (Lipinski definition) is 1. The third kappa shape index (κ3) is 4.53. The molecule has 7 nitrogen and oxygen atoms in total. The number of imidazole rings is 1. The first-order chi connectivity index (χ1) is 15.4. The van der Waals surface area contributed by atoms with Crippen LogP contribution in [0.3, 0.4) is 0 Å². The minimum atomic E-state index is -0.975. The van der Waals surface area contributed by atoms with Crippen molar-refractivity contribution in [3.8, 4) is 0 Å². The van der Waals surface area contributed by atoms with E-state index in [1.165, 1.54) is 12.8 Å². The molecular formula is C25H36N4O3. The van der Waals surface area contributed by atoms with Crippen LogP contribution in [0.5, 0.6) is 0 Å². The van der Waals surface area contributed by atoms with E-state index in [9.17, 15) is 9.59 Å². The van der Waals surface area contributed by atoms with Crippen LogP contribution in [0.15, 0.2) is 24.3 Å². The summed E-state index contributed by atoms with van der Waals surface area (Å²) in [5, 5.41) is 3.30. The average Bonchev–Trinajstić information content (AvgIpc) is 2.93. The van der Waals surface area contributed by atoms with Crippen molar-refractivity contribution in [2.24, 2.45) is 0 Å². The molecule has 1 unspecified atom stereocenters. The molecule has 1 saturated carbocycles. The average molecular weight is 441 g/mol. The van der Waals surface area contributed by atoms with Gasteiger partial charge in [0.2, 0.25) is 5.91 Å². The Morgan fingerprint density at radius 1 is 1.22 bits per heavy atom. The number of amides is 2. The van der Waals surface area contributed by atoms with Gasteiger partial charge in [-0.25, -0.2) is 4.98 Å². The first-order valence-corrected chi connectivity index (χ1v) is 12.1. The number of carbonyl (C=O) groups excluding carboxylic acids is 2. The number of fused-ring (bicyclic) bond motifs is 3. The Labute approximate surface area is 190 Å². The maximum Gasteiger partial charge on any atom is 0.290 e. The summed E-state index contributed by atoms with van der Waals surface area (Å²) in [5.41, 5.74) is 0.706. The fourth-order valence-electron chi connectivity index (χ4n) is 4.99. The monoisotopic (exact) mass is 440 g/mol. The normalized spacial score (nSPS) is 22.2. The first kappa shape index (κ1) is 22.8. The molecule has 2 amide bonds. The molecular weight excluding hydrogens is 404 g/mol. The maximum atomic E-state index is 13.7. The summed E-state index contributed by atoms with van der Waals surface area (Å²) in [4.78, 5) is 33.6. The Bertz CT molecular complexity index is 961. The molecule has 1 fully saturated rings. The summed E-state index contributed by atoms with van der Waals surface area (Å²) in [6, 6.07) is 7.93. The number of nitrogens with one attached hydrogen (secondary N) is 1. The number of benzene rings is 1. The third-order valence-electron chi connectivity index (χ3n) is 6.81. The summed E-state index contributed by atoms with van der Waals surface area (Å²) < 4.78 is 7.61. The highest BCUT2D eigenvalue weighted by Gasteiger charge is 2.48. The van der Waals surface area contributed by atoms with Gasteiger partial charge in [-0.05, 0) is 52.2 Å². The number of aromatic nitrogens is 2. The van der Waals surface area contributed by atoms with Gasteiger partial charge in [-0.2, -0.15) is 0 Å². The number of hydrogen-bond acceptors (Lipinski definition) is 4. The quantitative estimate of drug-likeness (QED) is 0.523. The summed E-state index contributed by atoms with van der Waals surface area (Å²) >= 11 is 0. The van der Waals surface area contributed by atoms with Crippen LogP contribution in [-0.4, -0.2) is 57.1 Å². The molecule has 1 atom stereocenters. The zero-order valence-electron chi connectivity index (χ0n) is 19.6. The van der Waals surface area contributed by atoms with Crippen molar-refractivity contribution in [1.82, 2.24) is 19.8 Å². The molecule has 0 spiro atoms. The smallest absolute Gasteiger partial charge is 0.290 e. The number of ether oxygens (including phenoxy) is 1. The second-order valence-electron chi connectivity index (χ2n) is 9.68. The maximum absolute atomic E-state index is 13.7. The largest absolute Gasteiger partial charge is 0.379 e. The number of para-hydroxylation sites is 2. The van der Waals surface area contributed by atoms with Crippen LogP contribution in [0.25, 0.3) is 11.0 Å². The van der Waals surface area contributed by atoms with Crippen LogP contribution in [0.4, 0.5) is 0 Å². The molecule has 7 heteroatoms. The van der Waals surface area contributed by atoms with Gasteiger partial charge in [0.1, 0.15) is 5.54 Å². The Kier molecular flexibility index (Phi) is 6.84. The van der Waals surface area contributed by atoms with Crippen LogP contribution in [-0.2, 0) is 16.1 Å². The van der Waals surface area contributed by atoms with Crippen molar-refractivity contribution < 1.29 is 14.3 Å². The predicted molar refractivity (Wildman–Crippen MR) is 125 cm³/mol. The standard InChI is InChI=1S/C25H36N4O3/c1-18(2)32-16-10-15-29-23(30)22-27-20-13-8-9-14-21(20)28(22)17-25(29,3)24(31)26-19-11-6-4-5-7-12-19/h8-9,13-14,18-19H,4-7,10-12,15-17H2,1-3H3,(H,26,31). The summed E-state index contributed by atoms with van der Waals surface area (Å²) in [6.07, 6.45) is 7.59. The van der Waals surface area contributed by atoms with Crippen molar-refractivity contribution in [3.05, 3.63) is 30.1 Å². The predicted octanol–water partition coefficient (Wildman–Crippen LogP) is 3.90. The van der Waals surface area contributed by atoms with Crippen LogP contribution in [0.1, 0.15) is 76.3 Å². The first-order valence-electron chi connectivity index (χ1n) is 12.1. The molecule has 4 rings (SSSR count). The molecule has 2 aliphatic rings. The molecule has 0 bridgehead atoms. The lowest BCUT2D eigenvalue weighted by Crippen LogP contribution is -2.65. The van der Waals surface area contributed by atoms with Crippen molar-refractivity contribution in [2.45, 2.75) is 89.9 Å². The van der Waals surface area contributed by atoms with E-state index >= 15 is 0 Å². The molecule has 174 valence electrons. The second kappa shape index (κ2) is 9.61. The molecule has 1 aromatic carbocycles. The lowest BCUT2D eigenvalue weighted by atomic mass is 9.93.